The highest BCUT2D eigenvalue weighted by atomic mass is 16.5. The molecular weight excluding hydrogens is 408 g/mol. The zero-order valence-electron chi connectivity index (χ0n) is 18.9. The van der Waals surface area contributed by atoms with Gasteiger partial charge >= 0.3 is 0 Å². The third-order valence-corrected chi connectivity index (χ3v) is 5.63. The summed E-state index contributed by atoms with van der Waals surface area (Å²) in [4.78, 5) is 30.6. The van der Waals surface area contributed by atoms with Crippen LogP contribution in [0.5, 0.6) is 11.5 Å². The van der Waals surface area contributed by atoms with E-state index in [9.17, 15) is 9.59 Å². The molecule has 1 amide bonds. The Morgan fingerprint density at radius 3 is 2.59 bits per heavy atom. The average Bonchev–Trinajstić information content (AvgIpc) is 3.08. The minimum atomic E-state index is -0.563. The number of rotatable bonds is 8. The zero-order valence-corrected chi connectivity index (χ0v) is 18.9. The lowest BCUT2D eigenvalue weighted by atomic mass is 9.98. The minimum absolute atomic E-state index is 0.114. The van der Waals surface area contributed by atoms with Gasteiger partial charge in [0.2, 0.25) is 5.76 Å². The molecule has 1 aliphatic heterocycles. The van der Waals surface area contributed by atoms with Crippen LogP contribution >= 0.6 is 0 Å². The third kappa shape index (κ3) is 3.84. The molecule has 168 valence electrons. The quantitative estimate of drug-likeness (QED) is 0.536. The monoisotopic (exact) mass is 436 g/mol. The van der Waals surface area contributed by atoms with Gasteiger partial charge < -0.3 is 23.7 Å². The van der Waals surface area contributed by atoms with E-state index < -0.39 is 6.04 Å². The van der Waals surface area contributed by atoms with Crippen molar-refractivity contribution in [3.63, 3.8) is 0 Å². The van der Waals surface area contributed by atoms with Crippen molar-refractivity contribution in [3.8, 4) is 11.5 Å². The predicted molar refractivity (Wildman–Crippen MR) is 123 cm³/mol. The predicted octanol–water partition coefficient (Wildman–Crippen LogP) is 3.70. The Labute approximate surface area is 187 Å². The zero-order chi connectivity index (χ0) is 22.8. The Hall–Kier alpha value is -3.32. The van der Waals surface area contributed by atoms with E-state index >= 15 is 0 Å². The molecule has 1 atom stereocenters. The first-order valence-corrected chi connectivity index (χ1v) is 10.8. The fraction of sp³-hybridized carbons (Fsp3) is 0.360. The summed E-state index contributed by atoms with van der Waals surface area (Å²) in [5.74, 6) is 1.03. The number of hydrogen-bond donors (Lipinski definition) is 0. The molecule has 0 fully saturated rings. The molecule has 0 aliphatic carbocycles. The molecule has 0 saturated heterocycles. The molecule has 4 rings (SSSR count). The van der Waals surface area contributed by atoms with Crippen LogP contribution in [0.3, 0.4) is 0 Å². The van der Waals surface area contributed by atoms with Gasteiger partial charge in [-0.2, -0.15) is 0 Å². The highest BCUT2D eigenvalue weighted by Gasteiger charge is 2.42. The average molecular weight is 437 g/mol. The van der Waals surface area contributed by atoms with Crippen LogP contribution < -0.4 is 14.9 Å². The largest absolute Gasteiger partial charge is 0.493 e. The highest BCUT2D eigenvalue weighted by Crippen LogP contribution is 2.40. The molecule has 0 saturated carbocycles. The number of methoxy groups -OCH3 is 1. The molecule has 0 radical (unpaired) electrons. The Morgan fingerprint density at radius 2 is 1.88 bits per heavy atom. The highest BCUT2D eigenvalue weighted by molar-refractivity contribution is 5.99. The van der Waals surface area contributed by atoms with Crippen LogP contribution in [0.1, 0.15) is 41.1 Å². The molecule has 7 heteroatoms. The van der Waals surface area contributed by atoms with E-state index in [1.165, 1.54) is 0 Å². The summed E-state index contributed by atoms with van der Waals surface area (Å²) < 4.78 is 17.3. The maximum absolute atomic E-state index is 13.5. The van der Waals surface area contributed by atoms with Gasteiger partial charge in [-0.05, 0) is 50.3 Å². The van der Waals surface area contributed by atoms with Gasteiger partial charge in [0.25, 0.3) is 5.91 Å². The molecule has 7 nitrogen and oxygen atoms in total. The summed E-state index contributed by atoms with van der Waals surface area (Å²) in [5, 5.41) is 0.466. The molecule has 3 aromatic rings. The summed E-state index contributed by atoms with van der Waals surface area (Å²) in [5.41, 5.74) is 1.38. The molecular formula is C25H28N2O5. The lowest BCUT2D eigenvalue weighted by Gasteiger charge is -2.27. The van der Waals surface area contributed by atoms with Crippen LogP contribution in [-0.4, -0.2) is 56.6 Å². The second-order valence-electron chi connectivity index (χ2n) is 8.13. The summed E-state index contributed by atoms with van der Waals surface area (Å²) in [6.45, 7) is 3.71. The number of carbonyl (C=O) groups is 1. The lowest BCUT2D eigenvalue weighted by Crippen LogP contribution is -2.35. The Morgan fingerprint density at radius 1 is 1.09 bits per heavy atom. The number of para-hydroxylation sites is 1. The van der Waals surface area contributed by atoms with Crippen molar-refractivity contribution in [1.82, 2.24) is 9.80 Å². The van der Waals surface area contributed by atoms with E-state index in [-0.39, 0.29) is 17.1 Å². The van der Waals surface area contributed by atoms with Gasteiger partial charge in [-0.25, -0.2) is 0 Å². The number of carbonyl (C=O) groups excluding carboxylic acids is 1. The van der Waals surface area contributed by atoms with Gasteiger partial charge in [0.15, 0.2) is 16.9 Å². The number of likely N-dealkylation sites (N-methyl/N-ethyl adjacent to an activating group) is 1. The summed E-state index contributed by atoms with van der Waals surface area (Å²) in [6, 6.07) is 12.0. The fourth-order valence-corrected chi connectivity index (χ4v) is 4.04. The van der Waals surface area contributed by atoms with E-state index in [4.69, 9.17) is 13.9 Å². The molecule has 1 unspecified atom stereocenters. The number of nitrogens with zero attached hydrogens (tertiary/aromatic N) is 2. The standard InChI is InChI=1S/C25H28N2O5/c1-5-14-31-19-11-10-16(15-20(19)30-4)22-21-23(28)17-8-6-7-9-18(17)32-24(21)25(29)27(22)13-12-26(2)3/h6-11,15,22H,5,12-14H2,1-4H3. The Kier molecular flexibility index (Phi) is 6.19. The Bertz CT molecular complexity index is 1200. The van der Waals surface area contributed by atoms with Crippen LogP contribution in [0, 0.1) is 0 Å². The van der Waals surface area contributed by atoms with Crippen LogP contribution in [-0.2, 0) is 0 Å². The number of fused-ring (bicyclic) bond motifs is 2. The van der Waals surface area contributed by atoms with Crippen LogP contribution in [0.2, 0.25) is 0 Å². The van der Waals surface area contributed by atoms with E-state index in [1.807, 2.05) is 44.1 Å². The van der Waals surface area contributed by atoms with E-state index in [1.54, 1.807) is 36.3 Å². The number of amides is 1. The number of benzene rings is 2. The second-order valence-corrected chi connectivity index (χ2v) is 8.13. The van der Waals surface area contributed by atoms with E-state index in [0.29, 0.717) is 47.7 Å². The lowest BCUT2D eigenvalue weighted by molar-refractivity contribution is 0.0716. The first-order chi connectivity index (χ1) is 15.5. The van der Waals surface area contributed by atoms with Gasteiger partial charge in [-0.1, -0.05) is 25.1 Å². The molecule has 2 heterocycles. The van der Waals surface area contributed by atoms with Crippen molar-refractivity contribution < 1.29 is 18.7 Å². The summed E-state index contributed by atoms with van der Waals surface area (Å²) >= 11 is 0. The molecule has 0 spiro atoms. The van der Waals surface area contributed by atoms with Gasteiger partial charge in [0, 0.05) is 13.1 Å². The maximum Gasteiger partial charge on any atom is 0.290 e. The minimum Gasteiger partial charge on any atom is -0.493 e. The van der Waals surface area contributed by atoms with Crippen molar-refractivity contribution >= 4 is 16.9 Å². The van der Waals surface area contributed by atoms with Crippen LogP contribution in [0.25, 0.3) is 11.0 Å². The van der Waals surface area contributed by atoms with Gasteiger partial charge in [0.1, 0.15) is 5.58 Å². The fourth-order valence-electron chi connectivity index (χ4n) is 4.04. The van der Waals surface area contributed by atoms with Gasteiger partial charge in [-0.15, -0.1) is 0 Å². The van der Waals surface area contributed by atoms with Gasteiger partial charge in [0.05, 0.1) is 30.7 Å². The summed E-state index contributed by atoms with van der Waals surface area (Å²) in [6.07, 6.45) is 0.877. The molecule has 2 aromatic carbocycles. The third-order valence-electron chi connectivity index (χ3n) is 5.63. The maximum atomic E-state index is 13.5. The van der Waals surface area contributed by atoms with Crippen molar-refractivity contribution in [3.05, 3.63) is 69.6 Å². The van der Waals surface area contributed by atoms with E-state index in [2.05, 4.69) is 0 Å². The van der Waals surface area contributed by atoms with Crippen LogP contribution in [0.4, 0.5) is 0 Å². The summed E-state index contributed by atoms with van der Waals surface area (Å²) in [7, 11) is 5.48. The van der Waals surface area contributed by atoms with Crippen molar-refractivity contribution in [1.29, 1.82) is 0 Å². The topological polar surface area (TPSA) is 72.2 Å². The second kappa shape index (κ2) is 9.04. The normalized spacial score (nSPS) is 15.5. The SMILES string of the molecule is CCCOc1ccc(C2c3c(oc4ccccc4c3=O)C(=O)N2CCN(C)C)cc1OC. The molecule has 0 N–H and O–H groups in total. The molecule has 1 aromatic heterocycles. The molecule has 0 bridgehead atoms. The number of ether oxygens (including phenoxy) is 2. The first-order valence-electron chi connectivity index (χ1n) is 10.8. The Balaban J connectivity index is 1.87. The van der Waals surface area contributed by atoms with Crippen molar-refractivity contribution in [2.75, 3.05) is 40.9 Å². The molecule has 1 aliphatic rings. The van der Waals surface area contributed by atoms with Crippen molar-refractivity contribution in [2.24, 2.45) is 0 Å². The van der Waals surface area contributed by atoms with Gasteiger partial charge in [-0.3, -0.25) is 9.59 Å². The van der Waals surface area contributed by atoms with E-state index in [0.717, 1.165) is 12.0 Å². The smallest absolute Gasteiger partial charge is 0.290 e. The first kappa shape index (κ1) is 21.9. The number of hydrogen-bond acceptors (Lipinski definition) is 6. The molecule has 32 heavy (non-hydrogen) atoms. The van der Waals surface area contributed by atoms with Crippen molar-refractivity contribution in [2.45, 2.75) is 19.4 Å². The van der Waals surface area contributed by atoms with Crippen LogP contribution in [0.15, 0.2) is 51.7 Å².